The van der Waals surface area contributed by atoms with E-state index in [4.69, 9.17) is 4.98 Å². The van der Waals surface area contributed by atoms with Crippen molar-refractivity contribution in [3.05, 3.63) is 35.8 Å². The minimum atomic E-state index is -0.0954. The molecule has 1 N–H and O–H groups in total. The van der Waals surface area contributed by atoms with Crippen molar-refractivity contribution in [3.8, 4) is 11.4 Å². The number of hydrogen-bond donors (Lipinski definition) is 1. The predicted octanol–water partition coefficient (Wildman–Crippen LogP) is 1.89. The highest BCUT2D eigenvalue weighted by Crippen LogP contribution is 2.30. The molecule has 0 spiro atoms. The van der Waals surface area contributed by atoms with Crippen LogP contribution in [0.4, 0.5) is 5.82 Å². The van der Waals surface area contributed by atoms with Gasteiger partial charge in [-0.25, -0.2) is 9.97 Å². The summed E-state index contributed by atoms with van der Waals surface area (Å²) in [5.74, 6) is 1.43. The first-order chi connectivity index (χ1) is 13.8. The van der Waals surface area contributed by atoms with Crippen molar-refractivity contribution < 1.29 is 4.79 Å². The number of piperidine rings is 1. The van der Waals surface area contributed by atoms with E-state index in [1.54, 1.807) is 12.4 Å². The van der Waals surface area contributed by atoms with Gasteiger partial charge in [-0.1, -0.05) is 0 Å². The van der Waals surface area contributed by atoms with Crippen LogP contribution in [0.5, 0.6) is 0 Å². The van der Waals surface area contributed by atoms with Gasteiger partial charge in [-0.15, -0.1) is 0 Å². The smallest absolute Gasteiger partial charge is 0.270 e. The van der Waals surface area contributed by atoms with Crippen LogP contribution in [0.2, 0.25) is 0 Å². The lowest BCUT2D eigenvalue weighted by molar-refractivity contribution is 0.0940. The normalized spacial score (nSPS) is 20.9. The van der Waals surface area contributed by atoms with E-state index in [-0.39, 0.29) is 5.91 Å². The molecule has 2 saturated heterocycles. The van der Waals surface area contributed by atoms with Gasteiger partial charge in [0, 0.05) is 49.2 Å². The summed E-state index contributed by atoms with van der Waals surface area (Å²) in [4.78, 5) is 31.2. The molecule has 0 saturated carbocycles. The average Bonchev–Trinajstić information content (AvgIpc) is 3.29. The Hall–Kier alpha value is -2.54. The van der Waals surface area contributed by atoms with Crippen LogP contribution in [0.15, 0.2) is 24.5 Å². The van der Waals surface area contributed by atoms with Crippen LogP contribution in [-0.4, -0.2) is 64.5 Å². The molecule has 5 rings (SSSR count). The summed E-state index contributed by atoms with van der Waals surface area (Å²) >= 11 is 0. The summed E-state index contributed by atoms with van der Waals surface area (Å²) in [7, 11) is 0. The first-order valence-electron chi connectivity index (χ1n) is 10.4. The van der Waals surface area contributed by atoms with Crippen molar-refractivity contribution >= 4 is 11.7 Å². The molecule has 7 heteroatoms. The van der Waals surface area contributed by atoms with E-state index in [0.717, 1.165) is 49.3 Å². The van der Waals surface area contributed by atoms with Crippen LogP contribution in [0, 0.1) is 0 Å². The third-order valence-electron chi connectivity index (χ3n) is 6.20. The Morgan fingerprint density at radius 3 is 2.64 bits per heavy atom. The van der Waals surface area contributed by atoms with Gasteiger partial charge in [0.2, 0.25) is 0 Å². The number of nitrogens with one attached hydrogen (secondary N) is 1. The number of amides is 1. The molecule has 0 aliphatic carbocycles. The van der Waals surface area contributed by atoms with Crippen molar-refractivity contribution in [3.63, 3.8) is 0 Å². The van der Waals surface area contributed by atoms with Gasteiger partial charge in [0.05, 0.1) is 0 Å². The number of carbonyl (C=O) groups excluding carboxylic acids is 1. The number of hydrogen-bond acceptors (Lipinski definition) is 6. The van der Waals surface area contributed by atoms with Crippen molar-refractivity contribution in [1.29, 1.82) is 0 Å². The van der Waals surface area contributed by atoms with E-state index in [1.165, 1.54) is 25.9 Å². The van der Waals surface area contributed by atoms with Gasteiger partial charge in [-0.2, -0.15) is 0 Å². The summed E-state index contributed by atoms with van der Waals surface area (Å²) in [6, 6.07) is 4.51. The molecule has 0 unspecified atom stereocenters. The molecule has 3 aliphatic rings. The lowest BCUT2D eigenvalue weighted by Crippen LogP contribution is -2.45. The van der Waals surface area contributed by atoms with Crippen LogP contribution < -0.4 is 10.2 Å². The van der Waals surface area contributed by atoms with Gasteiger partial charge < -0.3 is 15.1 Å². The molecule has 2 fully saturated rings. The maximum atomic E-state index is 12.5. The maximum absolute atomic E-state index is 12.5. The molecule has 0 aromatic carbocycles. The first-order valence-corrected chi connectivity index (χ1v) is 10.4. The Balaban J connectivity index is 1.46. The molecule has 146 valence electrons. The molecule has 1 amide bonds. The average molecular weight is 378 g/mol. The van der Waals surface area contributed by atoms with Crippen LogP contribution >= 0.6 is 0 Å². The molecule has 3 aliphatic heterocycles. The molecule has 2 aromatic heterocycles. The maximum Gasteiger partial charge on any atom is 0.270 e. The predicted molar refractivity (Wildman–Crippen MR) is 107 cm³/mol. The minimum Gasteiger partial charge on any atom is -0.356 e. The van der Waals surface area contributed by atoms with E-state index in [1.807, 2.05) is 12.1 Å². The third-order valence-corrected chi connectivity index (χ3v) is 6.20. The largest absolute Gasteiger partial charge is 0.356 e. The number of likely N-dealkylation sites (tertiary alicyclic amines) is 1. The number of pyridine rings is 1. The molecular weight excluding hydrogens is 352 g/mol. The van der Waals surface area contributed by atoms with Gasteiger partial charge in [0.1, 0.15) is 11.5 Å². The monoisotopic (exact) mass is 378 g/mol. The van der Waals surface area contributed by atoms with Crippen LogP contribution in [-0.2, 0) is 6.42 Å². The zero-order valence-corrected chi connectivity index (χ0v) is 16.1. The Bertz CT molecular complexity index is 857. The minimum absolute atomic E-state index is 0.0954. The van der Waals surface area contributed by atoms with Crippen LogP contribution in [0.3, 0.4) is 0 Å². The van der Waals surface area contributed by atoms with Gasteiger partial charge in [-0.05, 0) is 57.3 Å². The van der Waals surface area contributed by atoms with Gasteiger partial charge in [0.25, 0.3) is 5.91 Å². The first kappa shape index (κ1) is 17.6. The third kappa shape index (κ3) is 3.24. The van der Waals surface area contributed by atoms with Crippen molar-refractivity contribution in [2.45, 2.75) is 38.1 Å². The lowest BCUT2D eigenvalue weighted by atomic mass is 10.0. The van der Waals surface area contributed by atoms with E-state index in [0.29, 0.717) is 24.1 Å². The van der Waals surface area contributed by atoms with Crippen molar-refractivity contribution in [2.75, 3.05) is 37.6 Å². The second-order valence-corrected chi connectivity index (χ2v) is 7.91. The molecule has 7 nitrogen and oxygen atoms in total. The highest BCUT2D eigenvalue weighted by Gasteiger charge is 2.31. The number of anilines is 1. The molecule has 0 bridgehead atoms. The van der Waals surface area contributed by atoms with Crippen LogP contribution in [0.1, 0.15) is 41.7 Å². The molecule has 5 heterocycles. The van der Waals surface area contributed by atoms with Gasteiger partial charge in [0.15, 0.2) is 5.82 Å². The number of fused-ring (bicyclic) bond motifs is 1. The highest BCUT2D eigenvalue weighted by atomic mass is 16.1. The van der Waals surface area contributed by atoms with Gasteiger partial charge >= 0.3 is 0 Å². The fourth-order valence-corrected chi connectivity index (χ4v) is 4.71. The SMILES string of the molecule is O=C1NCCc2c1nc(-c1cccnc1)nc2N1CCC(N2CCCC2)CC1. The summed E-state index contributed by atoms with van der Waals surface area (Å²) < 4.78 is 0. The summed E-state index contributed by atoms with van der Waals surface area (Å²) in [5.41, 5.74) is 2.37. The van der Waals surface area contributed by atoms with E-state index < -0.39 is 0 Å². The van der Waals surface area contributed by atoms with E-state index in [2.05, 4.69) is 25.1 Å². The number of nitrogens with zero attached hydrogens (tertiary/aromatic N) is 5. The highest BCUT2D eigenvalue weighted by molar-refractivity contribution is 5.96. The molecule has 0 radical (unpaired) electrons. The summed E-state index contributed by atoms with van der Waals surface area (Å²) in [6.45, 7) is 5.12. The lowest BCUT2D eigenvalue weighted by Gasteiger charge is -2.38. The summed E-state index contributed by atoms with van der Waals surface area (Å²) in [5, 5.41) is 2.92. The fraction of sp³-hybridized carbons (Fsp3) is 0.524. The second kappa shape index (κ2) is 7.47. The Morgan fingerprint density at radius 1 is 1.07 bits per heavy atom. The summed E-state index contributed by atoms with van der Waals surface area (Å²) in [6.07, 6.45) is 9.27. The Kier molecular flexibility index (Phi) is 4.68. The Morgan fingerprint density at radius 2 is 1.89 bits per heavy atom. The topological polar surface area (TPSA) is 74.2 Å². The molecule has 2 aromatic rings. The van der Waals surface area contributed by atoms with Crippen molar-refractivity contribution in [1.82, 2.24) is 25.2 Å². The van der Waals surface area contributed by atoms with Crippen LogP contribution in [0.25, 0.3) is 11.4 Å². The quantitative estimate of drug-likeness (QED) is 0.879. The molecule has 28 heavy (non-hydrogen) atoms. The molecule has 0 atom stereocenters. The zero-order chi connectivity index (χ0) is 18.9. The second-order valence-electron chi connectivity index (χ2n) is 7.91. The van der Waals surface area contributed by atoms with E-state index in [9.17, 15) is 4.79 Å². The molecular formula is C21H26N6O. The number of aromatic nitrogens is 3. The number of rotatable bonds is 3. The standard InChI is InChI=1S/C21H26N6O/c28-21-18-17(5-9-23-21)20(25-19(24-18)15-4-3-8-22-14-15)27-12-6-16(7-13-27)26-10-1-2-11-26/h3-4,8,14,16H,1-2,5-7,9-13H2,(H,23,28). The zero-order valence-electron chi connectivity index (χ0n) is 16.1. The van der Waals surface area contributed by atoms with E-state index >= 15 is 0 Å². The fourth-order valence-electron chi connectivity index (χ4n) is 4.71. The Labute approximate surface area is 165 Å². The van der Waals surface area contributed by atoms with Gasteiger partial charge in [-0.3, -0.25) is 9.78 Å². The number of carbonyl (C=O) groups is 1. The van der Waals surface area contributed by atoms with Crippen molar-refractivity contribution in [2.24, 2.45) is 0 Å².